The number of nitrogens with zero attached hydrogens (tertiary/aromatic N) is 1. The average molecular weight is 506 g/mol. The van der Waals surface area contributed by atoms with Gasteiger partial charge in [0.1, 0.15) is 0 Å². The summed E-state index contributed by atoms with van der Waals surface area (Å²) >= 11 is 0. The van der Waals surface area contributed by atoms with Gasteiger partial charge in [0, 0.05) is 42.4 Å². The summed E-state index contributed by atoms with van der Waals surface area (Å²) in [6.45, 7) is 8.53. The van der Waals surface area contributed by atoms with Crippen molar-refractivity contribution in [3.63, 3.8) is 0 Å². The Bertz CT molecular complexity index is 1210. The number of carbonyl (C=O) groups excluding carboxylic acids is 3. The number of para-hydroxylation sites is 1. The number of amides is 2. The first-order valence-electron chi connectivity index (χ1n) is 13.1. The number of ketones is 1. The van der Waals surface area contributed by atoms with Crippen molar-refractivity contribution in [1.82, 2.24) is 15.2 Å². The molecule has 1 aromatic heterocycles. The lowest BCUT2D eigenvalue weighted by Gasteiger charge is -2.37. The first-order valence-corrected chi connectivity index (χ1v) is 13.1. The zero-order valence-corrected chi connectivity index (χ0v) is 22.6. The van der Waals surface area contributed by atoms with Crippen molar-refractivity contribution in [3.8, 4) is 0 Å². The zero-order valence-electron chi connectivity index (χ0n) is 22.6. The predicted molar refractivity (Wildman–Crippen MR) is 147 cm³/mol. The number of aryl methyl sites for hydroxylation is 1. The molecule has 2 atom stereocenters. The minimum absolute atomic E-state index is 0.0483. The molecule has 0 saturated carbocycles. The highest BCUT2D eigenvalue weighted by Crippen LogP contribution is 2.27. The fourth-order valence-electron chi connectivity index (χ4n) is 4.98. The molecule has 0 bridgehead atoms. The number of hydrogen-bond donors (Lipinski definition) is 2. The Morgan fingerprint density at radius 3 is 2.27 bits per heavy atom. The van der Waals surface area contributed by atoms with E-state index in [1.807, 2.05) is 58.0 Å². The maximum absolute atomic E-state index is 14.1. The van der Waals surface area contributed by atoms with E-state index in [-0.39, 0.29) is 30.8 Å². The van der Waals surface area contributed by atoms with Crippen molar-refractivity contribution < 1.29 is 19.1 Å². The molecular weight excluding hydrogens is 466 g/mol. The molecule has 1 heterocycles. The Kier molecular flexibility index (Phi) is 9.64. The second-order valence-corrected chi connectivity index (χ2v) is 9.38. The number of methoxy groups -OCH3 is 1. The van der Waals surface area contributed by atoms with Crippen LogP contribution in [0.3, 0.4) is 0 Å². The van der Waals surface area contributed by atoms with Crippen molar-refractivity contribution in [1.29, 1.82) is 0 Å². The lowest BCUT2D eigenvalue weighted by Crippen LogP contribution is -2.64. The van der Waals surface area contributed by atoms with Crippen molar-refractivity contribution in [2.24, 2.45) is 0 Å². The van der Waals surface area contributed by atoms with Crippen molar-refractivity contribution in [2.75, 3.05) is 20.2 Å². The van der Waals surface area contributed by atoms with Gasteiger partial charge < -0.3 is 19.9 Å². The number of carbonyl (C=O) groups is 3. The third-order valence-corrected chi connectivity index (χ3v) is 7.19. The summed E-state index contributed by atoms with van der Waals surface area (Å²) in [5, 5.41) is 3.92. The monoisotopic (exact) mass is 505 g/mol. The van der Waals surface area contributed by atoms with Gasteiger partial charge >= 0.3 is 0 Å². The van der Waals surface area contributed by atoms with Crippen LogP contribution < -0.4 is 5.32 Å². The highest BCUT2D eigenvalue weighted by molar-refractivity contribution is 6.19. The molecule has 2 aromatic carbocycles. The van der Waals surface area contributed by atoms with E-state index >= 15 is 0 Å². The smallest absolute Gasteiger partial charge is 0.256 e. The minimum Gasteiger partial charge on any atom is -0.381 e. The number of benzene rings is 2. The molecule has 7 heteroatoms. The molecule has 3 aromatic rings. The van der Waals surface area contributed by atoms with Crippen LogP contribution in [-0.2, 0) is 20.7 Å². The molecule has 0 aliphatic rings. The van der Waals surface area contributed by atoms with Crippen LogP contribution in [0.1, 0.15) is 61.6 Å². The number of rotatable bonds is 13. The van der Waals surface area contributed by atoms with Crippen LogP contribution in [0, 0.1) is 6.92 Å². The van der Waals surface area contributed by atoms with Gasteiger partial charge in [0.2, 0.25) is 5.91 Å². The lowest BCUT2D eigenvalue weighted by molar-refractivity contribution is -0.140. The number of hydrogen-bond acceptors (Lipinski definition) is 4. The number of ether oxygens (including phenoxy) is 1. The summed E-state index contributed by atoms with van der Waals surface area (Å²) < 4.78 is 5.57. The zero-order chi connectivity index (χ0) is 27.0. The van der Waals surface area contributed by atoms with E-state index in [4.69, 9.17) is 4.74 Å². The highest BCUT2D eigenvalue weighted by atomic mass is 16.5. The minimum atomic E-state index is -1.74. The summed E-state index contributed by atoms with van der Waals surface area (Å²) in [4.78, 5) is 46.8. The number of likely N-dealkylation sites (N-methyl/N-ethyl adjacent to an activating group) is 1. The van der Waals surface area contributed by atoms with E-state index in [0.717, 1.165) is 28.6 Å². The molecule has 2 N–H and O–H groups in total. The Balaban J connectivity index is 2.06. The summed E-state index contributed by atoms with van der Waals surface area (Å²) in [6.07, 6.45) is 1.23. The summed E-state index contributed by atoms with van der Waals surface area (Å²) in [5.41, 5.74) is 1.33. The fraction of sp³-hybridized carbons (Fsp3) is 0.433. The van der Waals surface area contributed by atoms with E-state index in [2.05, 4.69) is 10.3 Å². The molecule has 0 radical (unpaired) electrons. The van der Waals surface area contributed by atoms with Gasteiger partial charge in [0.05, 0.1) is 12.5 Å². The first kappa shape index (κ1) is 28.1. The van der Waals surface area contributed by atoms with Crippen LogP contribution in [0.15, 0.2) is 54.6 Å². The summed E-state index contributed by atoms with van der Waals surface area (Å²) in [7, 11) is 1.62. The summed E-state index contributed by atoms with van der Waals surface area (Å²) in [5.74, 6) is -1.16. The van der Waals surface area contributed by atoms with Gasteiger partial charge in [-0.15, -0.1) is 0 Å². The van der Waals surface area contributed by atoms with Gasteiger partial charge in [-0.05, 0) is 51.7 Å². The molecule has 0 saturated heterocycles. The number of aromatic amines is 1. The van der Waals surface area contributed by atoms with Crippen LogP contribution >= 0.6 is 0 Å². The lowest BCUT2D eigenvalue weighted by atomic mass is 9.81. The standard InChI is InChI=1S/C30H39N3O4/c1-6-23(37-5)18-19-30(29(36)33(7-2)8-3,28(35)22-14-10-9-11-15-22)32-27(34)20-25-21(4)31-26-17-13-12-16-24(25)26/h9-17,23,31H,6-8,18-20H2,1-5H3,(H,32,34). The highest BCUT2D eigenvalue weighted by Gasteiger charge is 2.49. The third-order valence-electron chi connectivity index (χ3n) is 7.19. The molecule has 0 fully saturated rings. The van der Waals surface area contributed by atoms with E-state index < -0.39 is 11.3 Å². The molecule has 2 unspecified atom stereocenters. The van der Waals surface area contributed by atoms with Crippen LogP contribution in [0.25, 0.3) is 10.9 Å². The number of fused-ring (bicyclic) bond motifs is 1. The van der Waals surface area contributed by atoms with Crippen molar-refractivity contribution >= 4 is 28.5 Å². The molecular formula is C30H39N3O4. The maximum atomic E-state index is 14.1. The van der Waals surface area contributed by atoms with E-state index in [1.165, 1.54) is 0 Å². The van der Waals surface area contributed by atoms with Crippen molar-refractivity contribution in [2.45, 2.75) is 65.0 Å². The Morgan fingerprint density at radius 1 is 1.00 bits per heavy atom. The maximum Gasteiger partial charge on any atom is 0.256 e. The molecule has 3 rings (SSSR count). The quantitative estimate of drug-likeness (QED) is 0.257. The van der Waals surface area contributed by atoms with Crippen molar-refractivity contribution in [3.05, 3.63) is 71.4 Å². The third kappa shape index (κ3) is 6.10. The topological polar surface area (TPSA) is 91.5 Å². The predicted octanol–water partition coefficient (Wildman–Crippen LogP) is 4.83. The summed E-state index contributed by atoms with van der Waals surface area (Å²) in [6, 6.07) is 16.5. The molecule has 37 heavy (non-hydrogen) atoms. The van der Waals surface area contributed by atoms with E-state index in [0.29, 0.717) is 25.1 Å². The van der Waals surface area contributed by atoms with Gasteiger partial charge in [-0.2, -0.15) is 0 Å². The van der Waals surface area contributed by atoms with E-state index in [9.17, 15) is 14.4 Å². The number of aromatic nitrogens is 1. The average Bonchev–Trinajstić information content (AvgIpc) is 3.23. The molecule has 0 spiro atoms. The van der Waals surface area contributed by atoms with Gasteiger partial charge in [0.25, 0.3) is 5.91 Å². The number of nitrogens with one attached hydrogen (secondary N) is 2. The normalized spacial score (nSPS) is 13.6. The second-order valence-electron chi connectivity index (χ2n) is 9.38. The molecule has 7 nitrogen and oxygen atoms in total. The van der Waals surface area contributed by atoms with E-state index in [1.54, 1.807) is 36.3 Å². The largest absolute Gasteiger partial charge is 0.381 e. The van der Waals surface area contributed by atoms with Crippen LogP contribution in [0.5, 0.6) is 0 Å². The molecule has 2 amide bonds. The first-order chi connectivity index (χ1) is 17.8. The van der Waals surface area contributed by atoms with Gasteiger partial charge in [0.15, 0.2) is 11.3 Å². The van der Waals surface area contributed by atoms with Gasteiger partial charge in [-0.1, -0.05) is 55.5 Å². The fourth-order valence-corrected chi connectivity index (χ4v) is 4.98. The Labute approximate surface area is 219 Å². The molecule has 198 valence electrons. The molecule has 0 aliphatic carbocycles. The van der Waals surface area contributed by atoms with Crippen LogP contribution in [-0.4, -0.2) is 59.3 Å². The van der Waals surface area contributed by atoms with Gasteiger partial charge in [-0.25, -0.2) is 0 Å². The number of Topliss-reactive ketones (excluding diaryl/α,β-unsaturated/α-hetero) is 1. The molecule has 0 aliphatic heterocycles. The Hall–Kier alpha value is -3.45. The SMILES string of the molecule is CCC(CCC(NC(=O)Cc1c(C)[nH]c2ccccc12)(C(=O)c1ccccc1)C(=O)N(CC)CC)OC. The Morgan fingerprint density at radius 2 is 1.65 bits per heavy atom. The van der Waals surface area contributed by atoms with Gasteiger partial charge in [-0.3, -0.25) is 14.4 Å². The van der Waals surface area contributed by atoms with Crippen LogP contribution in [0.2, 0.25) is 0 Å². The number of H-pyrrole nitrogens is 1. The second kappa shape index (κ2) is 12.7. The van der Waals surface area contributed by atoms with Crippen LogP contribution in [0.4, 0.5) is 0 Å².